The molecule has 0 saturated carbocycles. The first-order valence-corrected chi connectivity index (χ1v) is 7.36. The highest BCUT2D eigenvalue weighted by molar-refractivity contribution is 8.00. The van der Waals surface area contributed by atoms with Crippen molar-refractivity contribution in [3.05, 3.63) is 29.3 Å². The quantitative estimate of drug-likeness (QED) is 0.923. The molecule has 2 atom stereocenters. The normalized spacial score (nSPS) is 23.0. The number of carbonyl (C=O) groups is 1. The van der Waals surface area contributed by atoms with Crippen LogP contribution in [0.5, 0.6) is 0 Å². The Bertz CT molecular complexity index is 441. The third-order valence-electron chi connectivity index (χ3n) is 3.18. The van der Waals surface area contributed by atoms with Gasteiger partial charge in [-0.1, -0.05) is 24.6 Å². The van der Waals surface area contributed by atoms with Crippen LogP contribution in [0.25, 0.3) is 0 Å². The maximum atomic E-state index is 11.0. The van der Waals surface area contributed by atoms with Gasteiger partial charge in [-0.2, -0.15) is 11.8 Å². The van der Waals surface area contributed by atoms with Crippen molar-refractivity contribution >= 4 is 35.0 Å². The van der Waals surface area contributed by atoms with Gasteiger partial charge in [0.05, 0.1) is 0 Å². The van der Waals surface area contributed by atoms with E-state index in [0.717, 1.165) is 17.9 Å². The number of carboxylic acids is 1. The monoisotopic (exact) mass is 285 g/mol. The molecule has 5 heteroatoms. The van der Waals surface area contributed by atoms with Crippen molar-refractivity contribution in [3.63, 3.8) is 0 Å². The van der Waals surface area contributed by atoms with E-state index < -0.39 is 5.97 Å². The van der Waals surface area contributed by atoms with Gasteiger partial charge in [0.15, 0.2) is 0 Å². The topological polar surface area (TPSA) is 40.5 Å². The second-order valence-corrected chi connectivity index (χ2v) is 6.36. The van der Waals surface area contributed by atoms with Gasteiger partial charge >= 0.3 is 5.97 Å². The molecule has 0 amide bonds. The van der Waals surface area contributed by atoms with Crippen LogP contribution in [0.1, 0.15) is 13.3 Å². The Morgan fingerprint density at radius 2 is 2.39 bits per heavy atom. The molecule has 2 rings (SSSR count). The van der Waals surface area contributed by atoms with E-state index in [4.69, 9.17) is 16.7 Å². The highest BCUT2D eigenvalue weighted by Crippen LogP contribution is 2.33. The number of hydrogen-bond acceptors (Lipinski definition) is 3. The minimum atomic E-state index is -0.806. The molecule has 1 aromatic carbocycles. The fourth-order valence-electron chi connectivity index (χ4n) is 2.33. The minimum absolute atomic E-state index is 0.0237. The Balaban J connectivity index is 2.27. The van der Waals surface area contributed by atoms with Crippen molar-refractivity contribution in [2.75, 3.05) is 17.2 Å². The van der Waals surface area contributed by atoms with Crippen molar-refractivity contribution in [1.82, 2.24) is 0 Å². The van der Waals surface area contributed by atoms with Crippen LogP contribution < -0.4 is 4.90 Å². The molecular weight excluding hydrogens is 270 g/mol. The van der Waals surface area contributed by atoms with Gasteiger partial charge in [-0.15, -0.1) is 0 Å². The molecule has 0 aliphatic carbocycles. The van der Waals surface area contributed by atoms with E-state index in [9.17, 15) is 4.79 Å². The van der Waals surface area contributed by atoms with Crippen LogP contribution in [0.15, 0.2) is 24.3 Å². The molecule has 0 aromatic heterocycles. The molecule has 1 N–H and O–H groups in total. The predicted octanol–water partition coefficient (Wildman–Crippen LogP) is 3.13. The molecule has 1 aromatic rings. The van der Waals surface area contributed by atoms with Gasteiger partial charge in [0.25, 0.3) is 0 Å². The molecule has 2 unspecified atom stereocenters. The lowest BCUT2D eigenvalue weighted by Gasteiger charge is -2.32. The number of rotatable bonds is 4. The lowest BCUT2D eigenvalue weighted by atomic mass is 10.1. The largest absolute Gasteiger partial charge is 0.480 e. The Morgan fingerprint density at radius 1 is 1.61 bits per heavy atom. The van der Waals surface area contributed by atoms with Crippen molar-refractivity contribution in [1.29, 1.82) is 0 Å². The third-order valence-corrected chi connectivity index (χ3v) is 4.73. The van der Waals surface area contributed by atoms with Crippen LogP contribution >= 0.6 is 23.4 Å². The van der Waals surface area contributed by atoms with Crippen LogP contribution in [-0.4, -0.2) is 34.7 Å². The Kier molecular flexibility index (Phi) is 4.40. The van der Waals surface area contributed by atoms with Crippen LogP contribution in [0.4, 0.5) is 5.69 Å². The van der Waals surface area contributed by atoms with Gasteiger partial charge in [0.1, 0.15) is 6.54 Å². The summed E-state index contributed by atoms with van der Waals surface area (Å²) >= 11 is 7.88. The Morgan fingerprint density at radius 3 is 2.94 bits per heavy atom. The summed E-state index contributed by atoms with van der Waals surface area (Å²) in [4.78, 5) is 13.0. The van der Waals surface area contributed by atoms with Crippen molar-refractivity contribution in [2.24, 2.45) is 0 Å². The number of anilines is 1. The fourth-order valence-corrected chi connectivity index (χ4v) is 3.77. The molecule has 0 radical (unpaired) electrons. The zero-order chi connectivity index (χ0) is 13.1. The van der Waals surface area contributed by atoms with Crippen molar-refractivity contribution in [3.8, 4) is 0 Å². The molecule has 18 heavy (non-hydrogen) atoms. The molecule has 0 spiro atoms. The standard InChI is InChI=1S/C13H16ClNO2S/c1-9-12(5-6-18-9)15(8-13(16)17)11-4-2-3-10(14)7-11/h2-4,7,9,12H,5-6,8H2,1H3,(H,16,17). The van der Waals surface area contributed by atoms with E-state index in [1.54, 1.807) is 6.07 Å². The van der Waals surface area contributed by atoms with Crippen molar-refractivity contribution < 1.29 is 9.90 Å². The summed E-state index contributed by atoms with van der Waals surface area (Å²) in [6, 6.07) is 7.69. The summed E-state index contributed by atoms with van der Waals surface area (Å²) in [5.74, 6) is 0.279. The van der Waals surface area contributed by atoms with Gasteiger partial charge in [0, 0.05) is 22.0 Å². The maximum Gasteiger partial charge on any atom is 0.323 e. The molecular formula is C13H16ClNO2S. The summed E-state index contributed by atoms with van der Waals surface area (Å²) in [6.07, 6.45) is 1.02. The van der Waals surface area contributed by atoms with Crippen LogP contribution in [0.2, 0.25) is 5.02 Å². The summed E-state index contributed by atoms with van der Waals surface area (Å²) < 4.78 is 0. The molecule has 0 bridgehead atoms. The Labute approximate surface area is 116 Å². The average Bonchev–Trinajstić information content (AvgIpc) is 2.72. The van der Waals surface area contributed by atoms with Gasteiger partial charge in [-0.05, 0) is 30.4 Å². The summed E-state index contributed by atoms with van der Waals surface area (Å²) in [5, 5.41) is 10.2. The number of halogens is 1. The van der Waals surface area contributed by atoms with Gasteiger partial charge in [0.2, 0.25) is 0 Å². The molecule has 1 aliphatic rings. The van der Waals surface area contributed by atoms with Crippen molar-refractivity contribution in [2.45, 2.75) is 24.6 Å². The third kappa shape index (κ3) is 3.12. The molecule has 1 aliphatic heterocycles. The molecule has 1 saturated heterocycles. The molecule has 3 nitrogen and oxygen atoms in total. The highest BCUT2D eigenvalue weighted by Gasteiger charge is 2.31. The van der Waals surface area contributed by atoms with Gasteiger partial charge in [-0.25, -0.2) is 0 Å². The Hall–Kier alpha value is -0.870. The summed E-state index contributed by atoms with van der Waals surface area (Å²) in [6.45, 7) is 2.18. The highest BCUT2D eigenvalue weighted by atomic mass is 35.5. The van der Waals surface area contributed by atoms with Gasteiger partial charge in [-0.3, -0.25) is 4.79 Å². The van der Waals surface area contributed by atoms with Crippen LogP contribution in [-0.2, 0) is 4.79 Å². The second-order valence-electron chi connectivity index (χ2n) is 4.43. The summed E-state index contributed by atoms with van der Waals surface area (Å²) in [5.41, 5.74) is 0.893. The number of carboxylic acid groups (broad SMARTS) is 1. The first-order chi connectivity index (χ1) is 8.58. The van der Waals surface area contributed by atoms with E-state index in [-0.39, 0.29) is 12.6 Å². The molecule has 98 valence electrons. The van der Waals surface area contributed by atoms with E-state index in [0.29, 0.717) is 10.3 Å². The number of aliphatic carboxylic acids is 1. The van der Waals surface area contributed by atoms with Crippen LogP contribution in [0.3, 0.4) is 0 Å². The summed E-state index contributed by atoms with van der Waals surface area (Å²) in [7, 11) is 0. The first-order valence-electron chi connectivity index (χ1n) is 5.93. The fraction of sp³-hybridized carbons (Fsp3) is 0.462. The van der Waals surface area contributed by atoms with Crippen LogP contribution in [0, 0.1) is 0 Å². The number of nitrogens with zero attached hydrogens (tertiary/aromatic N) is 1. The molecule has 1 fully saturated rings. The number of benzene rings is 1. The van der Waals surface area contributed by atoms with E-state index in [1.807, 2.05) is 34.9 Å². The second kappa shape index (κ2) is 5.85. The zero-order valence-electron chi connectivity index (χ0n) is 10.2. The first kappa shape index (κ1) is 13.6. The van der Waals surface area contributed by atoms with Gasteiger partial charge < -0.3 is 10.0 Å². The number of thioether (sulfide) groups is 1. The molecule has 1 heterocycles. The predicted molar refractivity (Wildman–Crippen MR) is 76.8 cm³/mol. The minimum Gasteiger partial charge on any atom is -0.480 e. The van der Waals surface area contributed by atoms with E-state index in [1.165, 1.54) is 0 Å². The lowest BCUT2D eigenvalue weighted by Crippen LogP contribution is -2.42. The number of hydrogen-bond donors (Lipinski definition) is 1. The SMILES string of the molecule is CC1SCCC1N(CC(=O)O)c1cccc(Cl)c1. The average molecular weight is 286 g/mol. The zero-order valence-corrected chi connectivity index (χ0v) is 11.7. The lowest BCUT2D eigenvalue weighted by molar-refractivity contribution is -0.135. The van der Waals surface area contributed by atoms with E-state index >= 15 is 0 Å². The smallest absolute Gasteiger partial charge is 0.323 e. The van der Waals surface area contributed by atoms with E-state index in [2.05, 4.69) is 6.92 Å². The maximum absolute atomic E-state index is 11.0.